The first-order chi connectivity index (χ1) is 12.3. The smallest absolute Gasteiger partial charge is 0.161 e. The zero-order chi connectivity index (χ0) is 19.2. The fraction of sp³-hybridized carbons (Fsp3) is 0.400. The van der Waals surface area contributed by atoms with E-state index >= 15 is 0 Å². The lowest BCUT2D eigenvalue weighted by Crippen LogP contribution is -2.30. The Morgan fingerprint density at radius 1 is 1.04 bits per heavy atom. The van der Waals surface area contributed by atoms with Crippen molar-refractivity contribution in [3.05, 3.63) is 59.7 Å². The van der Waals surface area contributed by atoms with Gasteiger partial charge in [0.1, 0.15) is 9.84 Å². The molecule has 0 aliphatic heterocycles. The summed E-state index contributed by atoms with van der Waals surface area (Å²) in [5, 5.41) is 3.44. The maximum Gasteiger partial charge on any atom is 0.161 e. The lowest BCUT2D eigenvalue weighted by atomic mass is 10.0. The second-order valence-electron chi connectivity index (χ2n) is 6.29. The molecule has 1 unspecified atom stereocenters. The van der Waals surface area contributed by atoms with E-state index in [1.54, 1.807) is 7.11 Å². The van der Waals surface area contributed by atoms with Gasteiger partial charge < -0.3 is 14.8 Å². The van der Waals surface area contributed by atoms with E-state index in [0.717, 1.165) is 11.1 Å². The maximum absolute atomic E-state index is 12.0. The third kappa shape index (κ3) is 7.05. The first-order valence-corrected chi connectivity index (χ1v) is 10.7. The molecule has 0 amide bonds. The van der Waals surface area contributed by atoms with Crippen molar-refractivity contribution in [2.75, 3.05) is 25.7 Å². The van der Waals surface area contributed by atoms with Crippen LogP contribution in [0.15, 0.2) is 48.5 Å². The van der Waals surface area contributed by atoms with E-state index in [4.69, 9.17) is 9.47 Å². The van der Waals surface area contributed by atoms with E-state index in [2.05, 4.69) is 5.32 Å². The Morgan fingerprint density at radius 3 is 2.26 bits per heavy atom. The molecule has 1 N–H and O–H groups in total. The highest BCUT2D eigenvalue weighted by atomic mass is 35.5. The van der Waals surface area contributed by atoms with Crippen LogP contribution < -0.4 is 14.8 Å². The van der Waals surface area contributed by atoms with Crippen LogP contribution in [0.2, 0.25) is 0 Å². The molecule has 150 valence electrons. The fourth-order valence-corrected chi connectivity index (χ4v) is 3.76. The molecule has 0 aliphatic rings. The number of nitrogens with one attached hydrogen (secondary N) is 1. The minimum absolute atomic E-state index is 0. The lowest BCUT2D eigenvalue weighted by molar-refractivity contribution is 0.310. The monoisotopic (exact) mass is 413 g/mol. The molecule has 0 spiro atoms. The van der Waals surface area contributed by atoms with Gasteiger partial charge in [-0.05, 0) is 37.1 Å². The normalized spacial score (nSPS) is 13.3. The SMILES string of the molecule is CCOc1cc(C(CS(C)(=O)=O)N[C@@H](C)c2ccccc2)ccc1OC.Cl. The molecule has 0 saturated heterocycles. The summed E-state index contributed by atoms with van der Waals surface area (Å²) in [5.74, 6) is 1.24. The first kappa shape index (κ1) is 23.3. The lowest BCUT2D eigenvalue weighted by Gasteiger charge is -2.24. The van der Waals surface area contributed by atoms with Gasteiger partial charge in [-0.1, -0.05) is 36.4 Å². The van der Waals surface area contributed by atoms with Gasteiger partial charge in [-0.3, -0.25) is 0 Å². The van der Waals surface area contributed by atoms with Crippen molar-refractivity contribution >= 4 is 22.2 Å². The summed E-state index contributed by atoms with van der Waals surface area (Å²) in [6, 6.07) is 15.1. The number of hydrogen-bond acceptors (Lipinski definition) is 5. The van der Waals surface area contributed by atoms with Crippen LogP contribution in [0.5, 0.6) is 11.5 Å². The summed E-state index contributed by atoms with van der Waals surface area (Å²) in [4.78, 5) is 0. The van der Waals surface area contributed by atoms with E-state index in [1.807, 2.05) is 62.4 Å². The molecule has 0 radical (unpaired) electrons. The second kappa shape index (κ2) is 10.5. The van der Waals surface area contributed by atoms with Gasteiger partial charge in [0.2, 0.25) is 0 Å². The molecule has 2 aromatic rings. The third-order valence-corrected chi connectivity index (χ3v) is 5.05. The summed E-state index contributed by atoms with van der Waals surface area (Å²) in [5.41, 5.74) is 1.95. The molecular formula is C20H28ClNO4S. The van der Waals surface area contributed by atoms with Crippen LogP contribution in [0.25, 0.3) is 0 Å². The molecule has 2 atom stereocenters. The molecule has 5 nitrogen and oxygen atoms in total. The van der Waals surface area contributed by atoms with Crippen molar-refractivity contribution in [2.45, 2.75) is 25.9 Å². The minimum Gasteiger partial charge on any atom is -0.493 e. The summed E-state index contributed by atoms with van der Waals surface area (Å²) < 4.78 is 34.9. The number of hydrogen-bond donors (Lipinski definition) is 1. The molecule has 0 heterocycles. The topological polar surface area (TPSA) is 64.6 Å². The fourth-order valence-electron chi connectivity index (χ4n) is 2.86. The molecular weight excluding hydrogens is 386 g/mol. The van der Waals surface area contributed by atoms with Gasteiger partial charge in [-0.15, -0.1) is 12.4 Å². The molecule has 0 aromatic heterocycles. The average molecular weight is 414 g/mol. The van der Waals surface area contributed by atoms with E-state index in [0.29, 0.717) is 18.1 Å². The van der Waals surface area contributed by atoms with Gasteiger partial charge in [0.05, 0.1) is 19.5 Å². The summed E-state index contributed by atoms with van der Waals surface area (Å²) in [6.45, 7) is 4.43. The molecule has 27 heavy (non-hydrogen) atoms. The molecule has 2 aromatic carbocycles. The number of rotatable bonds is 9. The maximum atomic E-state index is 12.0. The van der Waals surface area contributed by atoms with Gasteiger partial charge in [-0.25, -0.2) is 8.42 Å². The highest BCUT2D eigenvalue weighted by Gasteiger charge is 2.21. The van der Waals surface area contributed by atoms with E-state index in [9.17, 15) is 8.42 Å². The quantitative estimate of drug-likeness (QED) is 0.674. The Labute approximate surface area is 168 Å². The standard InChI is InChI=1S/C20H27NO4S.ClH/c1-5-25-20-13-17(11-12-19(20)24-3)18(14-26(4,22)23)21-15(2)16-9-7-6-8-10-16;/h6-13,15,18,21H,5,14H2,1-4H3;1H/t15-,18?;/m0./s1. The Morgan fingerprint density at radius 2 is 1.70 bits per heavy atom. The van der Waals surface area contributed by atoms with Crippen LogP contribution in [0.1, 0.15) is 37.1 Å². The molecule has 2 rings (SSSR count). The van der Waals surface area contributed by atoms with Crippen LogP contribution in [-0.4, -0.2) is 34.1 Å². The highest BCUT2D eigenvalue weighted by molar-refractivity contribution is 7.90. The van der Waals surface area contributed by atoms with Gasteiger partial charge in [0.15, 0.2) is 11.5 Å². The minimum atomic E-state index is -3.17. The highest BCUT2D eigenvalue weighted by Crippen LogP contribution is 2.31. The average Bonchev–Trinajstić information content (AvgIpc) is 2.61. The van der Waals surface area contributed by atoms with Crippen LogP contribution in [-0.2, 0) is 9.84 Å². The van der Waals surface area contributed by atoms with Crippen LogP contribution in [0, 0.1) is 0 Å². The Balaban J connectivity index is 0.00000364. The van der Waals surface area contributed by atoms with Gasteiger partial charge in [-0.2, -0.15) is 0 Å². The Hall–Kier alpha value is -1.76. The van der Waals surface area contributed by atoms with E-state index in [-0.39, 0.29) is 30.2 Å². The molecule has 7 heteroatoms. The van der Waals surface area contributed by atoms with Crippen molar-refractivity contribution in [1.82, 2.24) is 5.32 Å². The van der Waals surface area contributed by atoms with Crippen LogP contribution in [0.3, 0.4) is 0 Å². The van der Waals surface area contributed by atoms with Crippen molar-refractivity contribution in [2.24, 2.45) is 0 Å². The Kier molecular flexibility index (Phi) is 9.09. The van der Waals surface area contributed by atoms with Gasteiger partial charge in [0.25, 0.3) is 0 Å². The molecule has 0 saturated carbocycles. The van der Waals surface area contributed by atoms with Gasteiger partial charge >= 0.3 is 0 Å². The van der Waals surface area contributed by atoms with E-state index in [1.165, 1.54) is 6.26 Å². The number of benzene rings is 2. The Bertz CT molecular complexity index is 812. The predicted molar refractivity (Wildman–Crippen MR) is 112 cm³/mol. The number of methoxy groups -OCH3 is 1. The van der Waals surface area contributed by atoms with Crippen molar-refractivity contribution in [3.8, 4) is 11.5 Å². The van der Waals surface area contributed by atoms with Crippen molar-refractivity contribution in [1.29, 1.82) is 0 Å². The first-order valence-electron chi connectivity index (χ1n) is 8.63. The number of halogens is 1. The summed E-state index contributed by atoms with van der Waals surface area (Å²) in [7, 11) is -1.59. The summed E-state index contributed by atoms with van der Waals surface area (Å²) >= 11 is 0. The molecule has 0 aliphatic carbocycles. The van der Waals surface area contributed by atoms with Crippen molar-refractivity contribution < 1.29 is 17.9 Å². The molecule has 0 fully saturated rings. The number of sulfone groups is 1. The summed E-state index contributed by atoms with van der Waals surface area (Å²) in [6.07, 6.45) is 1.25. The van der Waals surface area contributed by atoms with Crippen LogP contribution in [0.4, 0.5) is 0 Å². The largest absolute Gasteiger partial charge is 0.493 e. The van der Waals surface area contributed by atoms with Crippen LogP contribution >= 0.6 is 12.4 Å². The zero-order valence-corrected chi connectivity index (χ0v) is 17.8. The molecule has 0 bridgehead atoms. The predicted octanol–water partition coefficient (Wildman–Crippen LogP) is 3.95. The number of ether oxygens (including phenoxy) is 2. The third-order valence-electron chi connectivity index (χ3n) is 4.11. The van der Waals surface area contributed by atoms with Crippen molar-refractivity contribution in [3.63, 3.8) is 0 Å². The second-order valence-corrected chi connectivity index (χ2v) is 8.47. The van der Waals surface area contributed by atoms with E-state index < -0.39 is 9.84 Å². The zero-order valence-electron chi connectivity index (χ0n) is 16.1. The van der Waals surface area contributed by atoms with Gasteiger partial charge in [0, 0.05) is 18.3 Å².